The lowest BCUT2D eigenvalue weighted by Gasteiger charge is -2.06. The molecule has 0 radical (unpaired) electrons. The molecule has 3 rings (SSSR count). The standard InChI is InChI=1S/C15H12F3N7S/c1-20-6-9(5-19)8-4-11-10(21-7-8)2-3-12(22-11)23-14-25-24-13(26-14)15(16,17)18/h2-7,19-20H,1H3,(H,22,23,25)/b9-6+,19-5?. The molecule has 11 heteroatoms. The summed E-state index contributed by atoms with van der Waals surface area (Å²) in [5.41, 5.74) is 2.43. The predicted molar refractivity (Wildman–Crippen MR) is 93.6 cm³/mol. The van der Waals surface area contributed by atoms with E-state index in [-0.39, 0.29) is 5.13 Å². The van der Waals surface area contributed by atoms with Gasteiger partial charge in [0.25, 0.3) is 0 Å². The highest BCUT2D eigenvalue weighted by molar-refractivity contribution is 7.15. The monoisotopic (exact) mass is 379 g/mol. The molecule has 134 valence electrons. The predicted octanol–water partition coefficient (Wildman–Crippen LogP) is 3.45. The molecule has 0 bridgehead atoms. The van der Waals surface area contributed by atoms with Crippen molar-refractivity contribution >= 4 is 45.1 Å². The van der Waals surface area contributed by atoms with Crippen LogP contribution in [-0.2, 0) is 6.18 Å². The zero-order valence-electron chi connectivity index (χ0n) is 13.3. The van der Waals surface area contributed by atoms with E-state index in [0.717, 1.165) is 0 Å². The van der Waals surface area contributed by atoms with Crippen LogP contribution in [0.15, 0.2) is 30.6 Å². The zero-order valence-corrected chi connectivity index (χ0v) is 14.1. The van der Waals surface area contributed by atoms with Gasteiger partial charge < -0.3 is 16.0 Å². The minimum Gasteiger partial charge on any atom is -0.393 e. The second kappa shape index (κ2) is 7.04. The van der Waals surface area contributed by atoms with Crippen molar-refractivity contribution in [2.45, 2.75) is 6.18 Å². The average molecular weight is 379 g/mol. The Hall–Kier alpha value is -3.08. The van der Waals surface area contributed by atoms with Crippen molar-refractivity contribution < 1.29 is 13.2 Å². The quantitative estimate of drug-likeness (QED) is 0.587. The number of nitrogens with one attached hydrogen (secondary N) is 3. The minimum absolute atomic E-state index is 0.0106. The van der Waals surface area contributed by atoms with Crippen LogP contribution in [-0.4, -0.2) is 33.4 Å². The number of hydrogen-bond donors (Lipinski definition) is 3. The van der Waals surface area contributed by atoms with Gasteiger partial charge in [-0.1, -0.05) is 11.3 Å². The third kappa shape index (κ3) is 3.77. The SMILES string of the molecule is CN/C=C(\C=N)c1cnc2ccc(Nc3nnc(C(F)(F)F)s3)nc2c1. The number of allylic oxidation sites excluding steroid dienone is 1. The van der Waals surface area contributed by atoms with Crippen molar-refractivity contribution in [3.8, 4) is 0 Å². The fourth-order valence-corrected chi connectivity index (χ4v) is 2.71. The van der Waals surface area contributed by atoms with Gasteiger partial charge in [-0.15, -0.1) is 10.2 Å². The van der Waals surface area contributed by atoms with Crippen LogP contribution in [0.5, 0.6) is 0 Å². The van der Waals surface area contributed by atoms with E-state index >= 15 is 0 Å². The Labute approximate surface area is 149 Å². The normalized spacial score (nSPS) is 12.2. The Balaban J connectivity index is 1.91. The first-order valence-corrected chi connectivity index (χ1v) is 8.05. The summed E-state index contributed by atoms with van der Waals surface area (Å²) in [7, 11) is 1.72. The van der Waals surface area contributed by atoms with Gasteiger partial charge in [0.05, 0.1) is 11.0 Å². The van der Waals surface area contributed by atoms with Crippen molar-refractivity contribution in [3.05, 3.63) is 41.2 Å². The molecule has 0 saturated heterocycles. The highest BCUT2D eigenvalue weighted by Crippen LogP contribution is 2.33. The summed E-state index contributed by atoms with van der Waals surface area (Å²) in [6.07, 6.45) is -0.0824. The van der Waals surface area contributed by atoms with Crippen molar-refractivity contribution in [2.75, 3.05) is 12.4 Å². The van der Waals surface area contributed by atoms with Crippen LogP contribution >= 0.6 is 11.3 Å². The first-order valence-electron chi connectivity index (χ1n) is 7.23. The highest BCUT2D eigenvalue weighted by Gasteiger charge is 2.35. The molecule has 0 spiro atoms. The van der Waals surface area contributed by atoms with Gasteiger partial charge in [0.15, 0.2) is 0 Å². The molecule has 0 unspecified atom stereocenters. The fraction of sp³-hybridized carbons (Fsp3) is 0.133. The average Bonchev–Trinajstić information content (AvgIpc) is 3.08. The molecule has 0 aliphatic heterocycles. The number of fused-ring (bicyclic) bond motifs is 1. The molecule has 3 aromatic rings. The maximum atomic E-state index is 12.6. The Morgan fingerprint density at radius 1 is 1.23 bits per heavy atom. The first kappa shape index (κ1) is 17.7. The van der Waals surface area contributed by atoms with E-state index in [9.17, 15) is 13.2 Å². The highest BCUT2D eigenvalue weighted by atomic mass is 32.1. The fourth-order valence-electron chi connectivity index (χ4n) is 2.10. The number of anilines is 2. The summed E-state index contributed by atoms with van der Waals surface area (Å²) >= 11 is 0.397. The number of halogens is 3. The Kier molecular flexibility index (Phi) is 4.80. The smallest absolute Gasteiger partial charge is 0.393 e. The molecule has 0 amide bonds. The Morgan fingerprint density at radius 3 is 2.69 bits per heavy atom. The summed E-state index contributed by atoms with van der Waals surface area (Å²) in [6, 6.07) is 5.01. The number of pyridine rings is 2. The lowest BCUT2D eigenvalue weighted by Crippen LogP contribution is -2.03. The van der Waals surface area contributed by atoms with E-state index in [0.29, 0.717) is 39.3 Å². The second-order valence-corrected chi connectivity index (χ2v) is 6.00. The Bertz CT molecular complexity index is 981. The lowest BCUT2D eigenvalue weighted by molar-refractivity contribution is -0.138. The number of hydrogen-bond acceptors (Lipinski definition) is 8. The first-order chi connectivity index (χ1) is 12.4. The van der Waals surface area contributed by atoms with Gasteiger partial charge in [0.1, 0.15) is 5.82 Å². The number of aromatic nitrogens is 4. The van der Waals surface area contributed by atoms with Crippen LogP contribution in [0.1, 0.15) is 10.6 Å². The summed E-state index contributed by atoms with van der Waals surface area (Å²) in [4.78, 5) is 8.62. The third-order valence-electron chi connectivity index (χ3n) is 3.23. The maximum absolute atomic E-state index is 12.6. The summed E-state index contributed by atoms with van der Waals surface area (Å²) in [6.45, 7) is 0. The van der Waals surface area contributed by atoms with E-state index in [1.165, 1.54) is 6.21 Å². The molecule has 0 aliphatic carbocycles. The van der Waals surface area contributed by atoms with E-state index in [1.54, 1.807) is 37.6 Å². The number of nitrogens with zero attached hydrogens (tertiary/aromatic N) is 4. The lowest BCUT2D eigenvalue weighted by atomic mass is 10.1. The van der Waals surface area contributed by atoms with Crippen molar-refractivity contribution in [1.82, 2.24) is 25.5 Å². The molecule has 26 heavy (non-hydrogen) atoms. The largest absolute Gasteiger partial charge is 0.445 e. The van der Waals surface area contributed by atoms with Crippen molar-refractivity contribution in [1.29, 1.82) is 5.41 Å². The van der Waals surface area contributed by atoms with Crippen LogP contribution < -0.4 is 10.6 Å². The van der Waals surface area contributed by atoms with E-state index in [4.69, 9.17) is 5.41 Å². The number of alkyl halides is 3. The van der Waals surface area contributed by atoms with E-state index in [2.05, 4.69) is 30.8 Å². The second-order valence-electron chi connectivity index (χ2n) is 5.03. The minimum atomic E-state index is -4.53. The molecular formula is C15H12F3N7S. The molecule has 0 atom stereocenters. The van der Waals surface area contributed by atoms with E-state index in [1.807, 2.05) is 0 Å². The van der Waals surface area contributed by atoms with Crippen LogP contribution in [0.3, 0.4) is 0 Å². The van der Waals surface area contributed by atoms with Gasteiger partial charge in [0.2, 0.25) is 10.1 Å². The summed E-state index contributed by atoms with van der Waals surface area (Å²) < 4.78 is 37.8. The van der Waals surface area contributed by atoms with Crippen LogP contribution in [0.25, 0.3) is 16.6 Å². The Morgan fingerprint density at radius 2 is 2.04 bits per heavy atom. The molecule has 0 aliphatic rings. The van der Waals surface area contributed by atoms with Crippen LogP contribution in [0.2, 0.25) is 0 Å². The zero-order chi connectivity index (χ0) is 18.7. The summed E-state index contributed by atoms with van der Waals surface area (Å²) in [5, 5.41) is 18.6. The molecule has 3 heterocycles. The van der Waals surface area contributed by atoms with Gasteiger partial charge >= 0.3 is 6.18 Å². The van der Waals surface area contributed by atoms with Crippen molar-refractivity contribution in [2.24, 2.45) is 0 Å². The molecule has 7 nitrogen and oxygen atoms in total. The van der Waals surface area contributed by atoms with Gasteiger partial charge in [-0.25, -0.2) is 4.98 Å². The van der Waals surface area contributed by atoms with Gasteiger partial charge in [-0.3, -0.25) is 4.98 Å². The van der Waals surface area contributed by atoms with E-state index < -0.39 is 11.2 Å². The van der Waals surface area contributed by atoms with Gasteiger partial charge in [0, 0.05) is 36.8 Å². The molecule has 0 saturated carbocycles. The third-order valence-corrected chi connectivity index (χ3v) is 4.11. The van der Waals surface area contributed by atoms with Gasteiger partial charge in [-0.05, 0) is 18.2 Å². The molecule has 3 aromatic heterocycles. The summed E-state index contributed by atoms with van der Waals surface area (Å²) in [5.74, 6) is 0.315. The number of rotatable bonds is 5. The van der Waals surface area contributed by atoms with Crippen molar-refractivity contribution in [3.63, 3.8) is 0 Å². The molecular weight excluding hydrogens is 367 g/mol. The maximum Gasteiger partial charge on any atom is 0.445 e. The van der Waals surface area contributed by atoms with Crippen LogP contribution in [0, 0.1) is 5.41 Å². The molecule has 0 fully saturated rings. The van der Waals surface area contributed by atoms with Gasteiger partial charge in [-0.2, -0.15) is 13.2 Å². The van der Waals surface area contributed by atoms with Crippen LogP contribution in [0.4, 0.5) is 24.1 Å². The topological polar surface area (TPSA) is 99.5 Å². The molecule has 0 aromatic carbocycles. The molecule has 3 N–H and O–H groups in total.